The van der Waals surface area contributed by atoms with E-state index in [0.717, 1.165) is 10.0 Å². The zero-order valence-corrected chi connectivity index (χ0v) is 19.4. The van der Waals surface area contributed by atoms with Crippen molar-refractivity contribution >= 4 is 45.9 Å². The van der Waals surface area contributed by atoms with E-state index in [0.29, 0.717) is 42.7 Å². The highest BCUT2D eigenvalue weighted by molar-refractivity contribution is 14.0. The molecule has 0 bridgehead atoms. The Hall–Kier alpha value is -1.55. The van der Waals surface area contributed by atoms with E-state index in [1.807, 2.05) is 25.1 Å². The molecule has 0 amide bonds. The van der Waals surface area contributed by atoms with Crippen LogP contribution in [0.1, 0.15) is 18.1 Å². The zero-order valence-electron chi connectivity index (χ0n) is 15.5. The molecule has 148 valence electrons. The minimum atomic E-state index is -0.253. The third-order valence-corrected chi connectivity index (χ3v) is 4.16. The molecule has 0 radical (unpaired) electrons. The molecular formula is C19H24BrFIN3O2. The minimum absolute atomic E-state index is 0. The van der Waals surface area contributed by atoms with Gasteiger partial charge in [-0.15, -0.1) is 24.0 Å². The van der Waals surface area contributed by atoms with E-state index < -0.39 is 0 Å². The molecule has 0 aliphatic rings. The van der Waals surface area contributed by atoms with Crippen molar-refractivity contribution in [3.05, 3.63) is 57.8 Å². The van der Waals surface area contributed by atoms with E-state index in [1.54, 1.807) is 26.4 Å². The van der Waals surface area contributed by atoms with Gasteiger partial charge in [-0.1, -0.05) is 22.0 Å². The van der Waals surface area contributed by atoms with Crippen LogP contribution in [0, 0.1) is 5.82 Å². The van der Waals surface area contributed by atoms with Gasteiger partial charge in [0.15, 0.2) is 17.5 Å². The molecule has 2 rings (SSSR count). The third-order valence-electron chi connectivity index (χ3n) is 3.67. The van der Waals surface area contributed by atoms with Gasteiger partial charge in [0.05, 0.1) is 20.8 Å². The molecule has 0 atom stereocenters. The Bertz CT molecular complexity index is 775. The van der Waals surface area contributed by atoms with Crippen molar-refractivity contribution in [3.63, 3.8) is 0 Å². The largest absolute Gasteiger partial charge is 0.493 e. The number of methoxy groups -OCH3 is 2. The quantitative estimate of drug-likeness (QED) is 0.303. The smallest absolute Gasteiger partial charge is 0.191 e. The maximum atomic E-state index is 13.9. The van der Waals surface area contributed by atoms with Gasteiger partial charge in [-0.3, -0.25) is 0 Å². The fraction of sp³-hybridized carbons (Fsp3) is 0.316. The first-order valence-corrected chi connectivity index (χ1v) is 9.03. The van der Waals surface area contributed by atoms with Gasteiger partial charge in [-0.25, -0.2) is 9.38 Å². The van der Waals surface area contributed by atoms with E-state index >= 15 is 0 Å². The fourth-order valence-electron chi connectivity index (χ4n) is 2.35. The summed E-state index contributed by atoms with van der Waals surface area (Å²) in [7, 11) is 3.20. The van der Waals surface area contributed by atoms with Crippen LogP contribution in [-0.2, 0) is 13.1 Å². The number of aliphatic imine (C=N–C) groups is 1. The molecule has 0 spiro atoms. The first-order valence-electron chi connectivity index (χ1n) is 8.24. The highest BCUT2D eigenvalue weighted by atomic mass is 127. The van der Waals surface area contributed by atoms with Crippen LogP contribution in [0.2, 0.25) is 0 Å². The predicted octanol–water partition coefficient (Wildman–Crippen LogP) is 4.48. The average molecular weight is 552 g/mol. The number of ether oxygens (including phenoxy) is 2. The molecule has 0 heterocycles. The van der Waals surface area contributed by atoms with Crippen LogP contribution < -0.4 is 20.1 Å². The topological polar surface area (TPSA) is 54.9 Å². The lowest BCUT2D eigenvalue weighted by Crippen LogP contribution is -2.37. The standard InChI is InChI=1S/C19H23BrFN3O2.HI/c1-4-22-19(24-12-14-10-15(20)6-7-16(14)21)23-11-13-5-8-17(25-2)18(9-13)26-3;/h5-10H,4,11-12H2,1-3H3,(H2,22,23,24);1H. The van der Waals surface area contributed by atoms with Crippen LogP contribution in [0.5, 0.6) is 11.5 Å². The van der Waals surface area contributed by atoms with Crippen LogP contribution in [-0.4, -0.2) is 26.7 Å². The predicted molar refractivity (Wildman–Crippen MR) is 121 cm³/mol. The summed E-state index contributed by atoms with van der Waals surface area (Å²) >= 11 is 3.36. The fourth-order valence-corrected chi connectivity index (χ4v) is 2.76. The normalized spacial score (nSPS) is 10.8. The minimum Gasteiger partial charge on any atom is -0.493 e. The number of rotatable bonds is 7. The van der Waals surface area contributed by atoms with Crippen molar-refractivity contribution < 1.29 is 13.9 Å². The van der Waals surface area contributed by atoms with Crippen LogP contribution in [0.4, 0.5) is 4.39 Å². The van der Waals surface area contributed by atoms with Crippen molar-refractivity contribution in [3.8, 4) is 11.5 Å². The summed E-state index contributed by atoms with van der Waals surface area (Å²) in [6.45, 7) is 3.48. The van der Waals surface area contributed by atoms with Gasteiger partial charge in [0.25, 0.3) is 0 Å². The number of hydrogen-bond donors (Lipinski definition) is 2. The zero-order chi connectivity index (χ0) is 18.9. The number of nitrogens with zero attached hydrogens (tertiary/aromatic N) is 1. The van der Waals surface area contributed by atoms with E-state index in [-0.39, 0.29) is 29.8 Å². The monoisotopic (exact) mass is 551 g/mol. The molecule has 0 saturated carbocycles. The summed E-state index contributed by atoms with van der Waals surface area (Å²) in [5.74, 6) is 1.70. The summed E-state index contributed by atoms with van der Waals surface area (Å²) in [6, 6.07) is 10.5. The second kappa shape index (κ2) is 12.0. The van der Waals surface area contributed by atoms with E-state index in [1.165, 1.54) is 6.07 Å². The van der Waals surface area contributed by atoms with Crippen molar-refractivity contribution in [2.24, 2.45) is 4.99 Å². The Balaban J connectivity index is 0.00000364. The van der Waals surface area contributed by atoms with Crippen LogP contribution in [0.3, 0.4) is 0 Å². The van der Waals surface area contributed by atoms with E-state index in [2.05, 4.69) is 31.6 Å². The Morgan fingerprint density at radius 2 is 1.81 bits per heavy atom. The number of nitrogens with one attached hydrogen (secondary N) is 2. The first-order chi connectivity index (χ1) is 12.6. The SMILES string of the molecule is CCNC(=NCc1ccc(OC)c(OC)c1)NCc1cc(Br)ccc1F.I. The lowest BCUT2D eigenvalue weighted by molar-refractivity contribution is 0.354. The van der Waals surface area contributed by atoms with Crippen LogP contribution >= 0.6 is 39.9 Å². The molecule has 2 N–H and O–H groups in total. The van der Waals surface area contributed by atoms with Gasteiger partial charge < -0.3 is 20.1 Å². The molecule has 27 heavy (non-hydrogen) atoms. The molecule has 0 aromatic heterocycles. The summed E-state index contributed by atoms with van der Waals surface area (Å²) < 4.78 is 25.2. The van der Waals surface area contributed by atoms with Crippen LogP contribution in [0.25, 0.3) is 0 Å². The second-order valence-corrected chi connectivity index (χ2v) is 6.39. The third kappa shape index (κ3) is 7.17. The van der Waals surface area contributed by atoms with E-state index in [4.69, 9.17) is 9.47 Å². The summed E-state index contributed by atoms with van der Waals surface area (Å²) in [4.78, 5) is 4.55. The Morgan fingerprint density at radius 1 is 1.07 bits per heavy atom. The molecular weight excluding hydrogens is 528 g/mol. The number of guanidine groups is 1. The maximum Gasteiger partial charge on any atom is 0.191 e. The van der Waals surface area contributed by atoms with E-state index in [9.17, 15) is 4.39 Å². The highest BCUT2D eigenvalue weighted by Gasteiger charge is 2.06. The molecule has 0 aliphatic carbocycles. The van der Waals surface area contributed by atoms with Gasteiger partial charge in [0, 0.05) is 23.1 Å². The molecule has 0 unspecified atom stereocenters. The summed E-state index contributed by atoms with van der Waals surface area (Å²) in [5.41, 5.74) is 1.55. The average Bonchev–Trinajstić information content (AvgIpc) is 2.66. The van der Waals surface area contributed by atoms with Gasteiger partial charge in [-0.05, 0) is 42.8 Å². The molecule has 0 saturated heterocycles. The Morgan fingerprint density at radius 3 is 2.48 bits per heavy atom. The van der Waals surface area contributed by atoms with Crippen molar-refractivity contribution in [1.29, 1.82) is 0 Å². The molecule has 5 nitrogen and oxygen atoms in total. The number of halogens is 3. The van der Waals surface area contributed by atoms with Gasteiger partial charge in [0.2, 0.25) is 0 Å². The van der Waals surface area contributed by atoms with Gasteiger partial charge >= 0.3 is 0 Å². The van der Waals surface area contributed by atoms with Gasteiger partial charge in [-0.2, -0.15) is 0 Å². The summed E-state index contributed by atoms with van der Waals surface area (Å²) in [6.07, 6.45) is 0. The molecule has 2 aromatic rings. The Labute approximate surface area is 184 Å². The van der Waals surface area contributed by atoms with Crippen LogP contribution in [0.15, 0.2) is 45.9 Å². The summed E-state index contributed by atoms with van der Waals surface area (Å²) in [5, 5.41) is 6.31. The van der Waals surface area contributed by atoms with Gasteiger partial charge in [0.1, 0.15) is 5.82 Å². The second-order valence-electron chi connectivity index (χ2n) is 5.47. The lowest BCUT2D eigenvalue weighted by atomic mass is 10.2. The molecule has 0 fully saturated rings. The molecule has 8 heteroatoms. The lowest BCUT2D eigenvalue weighted by Gasteiger charge is -2.13. The first kappa shape index (κ1) is 23.5. The molecule has 0 aliphatic heterocycles. The number of hydrogen-bond acceptors (Lipinski definition) is 3. The van der Waals surface area contributed by atoms with Crippen molar-refractivity contribution in [2.45, 2.75) is 20.0 Å². The number of benzene rings is 2. The van der Waals surface area contributed by atoms with Crippen molar-refractivity contribution in [2.75, 3.05) is 20.8 Å². The Kier molecular flexibility index (Phi) is 10.5. The van der Waals surface area contributed by atoms with Crippen molar-refractivity contribution in [1.82, 2.24) is 10.6 Å². The molecule has 2 aromatic carbocycles. The maximum absolute atomic E-state index is 13.9. The highest BCUT2D eigenvalue weighted by Crippen LogP contribution is 2.27.